The molecule has 0 bridgehead atoms. The summed E-state index contributed by atoms with van der Waals surface area (Å²) < 4.78 is 22.1. The Hall–Kier alpha value is -5.04. The zero-order chi connectivity index (χ0) is 27.5. The van der Waals surface area contributed by atoms with Gasteiger partial charge in [-0.25, -0.2) is 0 Å². The largest absolute Gasteiger partial charge is 0.497 e. The lowest BCUT2D eigenvalue weighted by Gasteiger charge is -2.13. The molecule has 0 atom stereocenters. The Morgan fingerprint density at radius 3 is 2.39 bits per heavy atom. The molecule has 1 N–H and O–H groups in total. The third kappa shape index (κ3) is 7.24. The minimum absolute atomic E-state index is 0.000339. The van der Waals surface area contributed by atoms with Crippen molar-refractivity contribution >= 4 is 17.7 Å². The zero-order valence-electron chi connectivity index (χ0n) is 21.2. The molecule has 3 rings (SSSR count). The summed E-state index contributed by atoms with van der Waals surface area (Å²) in [6.45, 7) is 2.53. The maximum Gasteiger partial charge on any atom is 0.269 e. The highest BCUT2D eigenvalue weighted by atomic mass is 16.6. The molecule has 3 aromatic carbocycles. The van der Waals surface area contributed by atoms with Crippen LogP contribution in [0.4, 0.5) is 5.69 Å². The average Bonchev–Trinajstić information content (AvgIpc) is 2.94. The van der Waals surface area contributed by atoms with E-state index in [1.807, 2.05) is 13.0 Å². The molecule has 0 saturated carbocycles. The SMILES string of the molecule is CCOc1cc(/C=C(\C#N)C(=O)NCc2ccc(OC)cc2OC)ccc1OCc1ccc([N+](=O)[O-])cc1. The zero-order valence-corrected chi connectivity index (χ0v) is 21.2. The van der Waals surface area contributed by atoms with Crippen molar-refractivity contribution in [2.75, 3.05) is 20.8 Å². The topological polar surface area (TPSA) is 133 Å². The summed E-state index contributed by atoms with van der Waals surface area (Å²) in [5.41, 5.74) is 1.97. The number of methoxy groups -OCH3 is 2. The summed E-state index contributed by atoms with van der Waals surface area (Å²) in [6.07, 6.45) is 1.46. The number of hydrogen-bond donors (Lipinski definition) is 1. The Morgan fingerprint density at radius 1 is 1.00 bits per heavy atom. The molecule has 0 spiro atoms. The van der Waals surface area contributed by atoms with Gasteiger partial charge in [-0.05, 0) is 60.5 Å². The van der Waals surface area contributed by atoms with Gasteiger partial charge in [0.15, 0.2) is 11.5 Å². The van der Waals surface area contributed by atoms with Gasteiger partial charge in [0.2, 0.25) is 0 Å². The van der Waals surface area contributed by atoms with Gasteiger partial charge in [-0.1, -0.05) is 6.07 Å². The molecule has 10 heteroatoms. The Balaban J connectivity index is 1.72. The van der Waals surface area contributed by atoms with E-state index in [1.165, 1.54) is 25.3 Å². The Bertz CT molecular complexity index is 1360. The number of amides is 1. The first kappa shape index (κ1) is 27.5. The van der Waals surface area contributed by atoms with E-state index in [4.69, 9.17) is 18.9 Å². The highest BCUT2D eigenvalue weighted by molar-refractivity contribution is 6.01. The summed E-state index contributed by atoms with van der Waals surface area (Å²) in [5.74, 6) is 1.53. The smallest absolute Gasteiger partial charge is 0.269 e. The fourth-order valence-electron chi connectivity index (χ4n) is 3.46. The number of nitro benzene ring substituents is 1. The lowest BCUT2D eigenvalue weighted by atomic mass is 10.1. The lowest BCUT2D eigenvalue weighted by Crippen LogP contribution is -2.24. The predicted molar refractivity (Wildman–Crippen MR) is 140 cm³/mol. The van der Waals surface area contributed by atoms with Crippen molar-refractivity contribution in [1.29, 1.82) is 5.26 Å². The van der Waals surface area contributed by atoms with Gasteiger partial charge in [0, 0.05) is 30.3 Å². The molecule has 0 radical (unpaired) electrons. The number of nitro groups is 1. The van der Waals surface area contributed by atoms with Crippen LogP contribution in [0.25, 0.3) is 6.08 Å². The minimum atomic E-state index is -0.540. The molecule has 0 unspecified atom stereocenters. The second-order valence-corrected chi connectivity index (χ2v) is 7.88. The van der Waals surface area contributed by atoms with Crippen molar-refractivity contribution in [2.45, 2.75) is 20.1 Å². The van der Waals surface area contributed by atoms with Gasteiger partial charge in [0.25, 0.3) is 11.6 Å². The molecule has 196 valence electrons. The fourth-order valence-corrected chi connectivity index (χ4v) is 3.46. The van der Waals surface area contributed by atoms with Crippen molar-refractivity contribution in [2.24, 2.45) is 0 Å². The van der Waals surface area contributed by atoms with Crippen LogP contribution in [0.3, 0.4) is 0 Å². The molecule has 3 aromatic rings. The van der Waals surface area contributed by atoms with E-state index in [-0.39, 0.29) is 24.4 Å². The lowest BCUT2D eigenvalue weighted by molar-refractivity contribution is -0.384. The van der Waals surface area contributed by atoms with E-state index in [9.17, 15) is 20.2 Å². The predicted octanol–water partition coefficient (Wildman–Crippen LogP) is 4.81. The van der Waals surface area contributed by atoms with Crippen LogP contribution >= 0.6 is 0 Å². The highest BCUT2D eigenvalue weighted by Gasteiger charge is 2.13. The number of nitrogens with zero attached hydrogens (tertiary/aromatic N) is 2. The van der Waals surface area contributed by atoms with Crippen LogP contribution in [0.1, 0.15) is 23.6 Å². The van der Waals surface area contributed by atoms with Crippen molar-refractivity contribution in [3.8, 4) is 29.1 Å². The second-order valence-electron chi connectivity index (χ2n) is 7.88. The number of benzene rings is 3. The number of non-ortho nitro benzene ring substituents is 1. The average molecular weight is 518 g/mol. The van der Waals surface area contributed by atoms with Gasteiger partial charge >= 0.3 is 0 Å². The van der Waals surface area contributed by atoms with Gasteiger partial charge in [-0.15, -0.1) is 0 Å². The monoisotopic (exact) mass is 517 g/mol. The van der Waals surface area contributed by atoms with E-state index >= 15 is 0 Å². The second kappa shape index (κ2) is 13.3. The summed E-state index contributed by atoms with van der Waals surface area (Å²) in [6, 6.07) is 18.3. The maximum atomic E-state index is 12.7. The highest BCUT2D eigenvalue weighted by Crippen LogP contribution is 2.30. The molecule has 10 nitrogen and oxygen atoms in total. The van der Waals surface area contributed by atoms with E-state index in [0.717, 1.165) is 11.1 Å². The number of ether oxygens (including phenoxy) is 4. The minimum Gasteiger partial charge on any atom is -0.497 e. The molecule has 0 aliphatic heterocycles. The Morgan fingerprint density at radius 2 is 1.76 bits per heavy atom. The van der Waals surface area contributed by atoms with Crippen molar-refractivity contribution < 1.29 is 28.7 Å². The standard InChI is InChI=1S/C28H27N3O7/c1-4-37-27-14-20(7-12-25(27)38-18-19-5-9-23(10-6-19)31(33)34)13-22(16-29)28(32)30-17-21-8-11-24(35-2)15-26(21)36-3/h5-15H,4,17-18H2,1-3H3,(H,30,32)/b22-13+. The maximum absolute atomic E-state index is 12.7. The van der Waals surface area contributed by atoms with Crippen LogP contribution in [0, 0.1) is 21.4 Å². The first-order valence-corrected chi connectivity index (χ1v) is 11.6. The first-order chi connectivity index (χ1) is 18.4. The Kier molecular flexibility index (Phi) is 9.65. The summed E-state index contributed by atoms with van der Waals surface area (Å²) in [5, 5.41) is 23.2. The molecule has 0 saturated heterocycles. The van der Waals surface area contributed by atoms with Gasteiger partial charge in [-0.3, -0.25) is 14.9 Å². The van der Waals surface area contributed by atoms with E-state index in [1.54, 1.807) is 55.6 Å². The summed E-state index contributed by atoms with van der Waals surface area (Å²) in [4.78, 5) is 23.1. The first-order valence-electron chi connectivity index (χ1n) is 11.6. The van der Waals surface area contributed by atoms with Crippen molar-refractivity contribution in [1.82, 2.24) is 5.32 Å². The van der Waals surface area contributed by atoms with E-state index < -0.39 is 10.8 Å². The quantitative estimate of drug-likeness (QED) is 0.157. The summed E-state index contributed by atoms with van der Waals surface area (Å²) in [7, 11) is 3.07. The summed E-state index contributed by atoms with van der Waals surface area (Å²) >= 11 is 0. The molecular weight excluding hydrogens is 490 g/mol. The normalized spacial score (nSPS) is 10.7. The van der Waals surface area contributed by atoms with Gasteiger partial charge in [-0.2, -0.15) is 5.26 Å². The number of carbonyl (C=O) groups is 1. The molecule has 38 heavy (non-hydrogen) atoms. The van der Waals surface area contributed by atoms with Crippen LogP contribution in [0.5, 0.6) is 23.0 Å². The van der Waals surface area contributed by atoms with Gasteiger partial charge < -0.3 is 24.3 Å². The van der Waals surface area contributed by atoms with E-state index in [0.29, 0.717) is 35.2 Å². The molecule has 0 aliphatic carbocycles. The van der Waals surface area contributed by atoms with E-state index in [2.05, 4.69) is 5.32 Å². The number of rotatable bonds is 12. The van der Waals surface area contributed by atoms with Crippen LogP contribution in [0.15, 0.2) is 66.2 Å². The third-order valence-corrected chi connectivity index (χ3v) is 5.42. The number of carbonyl (C=O) groups excluding carboxylic acids is 1. The number of hydrogen-bond acceptors (Lipinski definition) is 8. The van der Waals surface area contributed by atoms with Gasteiger partial charge in [0.1, 0.15) is 29.7 Å². The molecule has 0 aliphatic rings. The fraction of sp³-hybridized carbons (Fsp3) is 0.214. The van der Waals surface area contributed by atoms with Crippen LogP contribution in [-0.4, -0.2) is 31.7 Å². The molecule has 0 heterocycles. The van der Waals surface area contributed by atoms with Crippen molar-refractivity contribution in [3.63, 3.8) is 0 Å². The third-order valence-electron chi connectivity index (χ3n) is 5.42. The molecule has 1 amide bonds. The van der Waals surface area contributed by atoms with Gasteiger partial charge in [0.05, 0.1) is 25.7 Å². The molecule has 0 aromatic heterocycles. The number of nitrogens with one attached hydrogen (secondary N) is 1. The van der Waals surface area contributed by atoms with Crippen molar-refractivity contribution in [3.05, 3.63) is 93.0 Å². The Labute approximate surface area is 220 Å². The van der Waals surface area contributed by atoms with Crippen LogP contribution in [-0.2, 0) is 17.9 Å². The van der Waals surface area contributed by atoms with Crippen LogP contribution < -0.4 is 24.3 Å². The van der Waals surface area contributed by atoms with Crippen LogP contribution in [0.2, 0.25) is 0 Å². The molecular formula is C28H27N3O7. The molecule has 0 fully saturated rings. The number of nitriles is 1.